The van der Waals surface area contributed by atoms with Gasteiger partial charge in [-0.1, -0.05) is 24.2 Å². The highest BCUT2D eigenvalue weighted by Gasteiger charge is 2.27. The van der Waals surface area contributed by atoms with Gasteiger partial charge in [-0.15, -0.1) is 0 Å². The van der Waals surface area contributed by atoms with Gasteiger partial charge in [0.25, 0.3) is 5.91 Å². The van der Waals surface area contributed by atoms with Gasteiger partial charge in [0.1, 0.15) is 0 Å². The standard InChI is InChI=1S/C18H24N4O2/c1-4-15-5-7-16(8-6-15)18(23)22-11-9-21(10-12-22)13(2)17-19-14(3)20-24-17/h5-8,13H,4,9-12H2,1-3H3/t13-/m1/s1. The average Bonchev–Trinajstić information content (AvgIpc) is 3.07. The predicted molar refractivity (Wildman–Crippen MR) is 90.7 cm³/mol. The van der Waals surface area contributed by atoms with Crippen LogP contribution in [0.5, 0.6) is 0 Å². The van der Waals surface area contributed by atoms with Crippen LogP contribution in [0.3, 0.4) is 0 Å². The zero-order valence-corrected chi connectivity index (χ0v) is 14.5. The van der Waals surface area contributed by atoms with Crippen molar-refractivity contribution in [3.8, 4) is 0 Å². The molecule has 1 aliphatic heterocycles. The van der Waals surface area contributed by atoms with Crippen molar-refractivity contribution < 1.29 is 9.32 Å². The van der Waals surface area contributed by atoms with Crippen molar-refractivity contribution in [3.63, 3.8) is 0 Å². The molecule has 1 fully saturated rings. The Bertz CT molecular complexity index is 687. The van der Waals surface area contributed by atoms with E-state index in [-0.39, 0.29) is 11.9 Å². The summed E-state index contributed by atoms with van der Waals surface area (Å²) in [5, 5.41) is 3.85. The van der Waals surface area contributed by atoms with E-state index in [0.717, 1.165) is 25.1 Å². The summed E-state index contributed by atoms with van der Waals surface area (Å²) in [6.45, 7) is 9.04. The molecule has 1 aliphatic rings. The van der Waals surface area contributed by atoms with E-state index in [1.807, 2.05) is 36.1 Å². The third kappa shape index (κ3) is 3.48. The number of amides is 1. The van der Waals surface area contributed by atoms with Crippen molar-refractivity contribution in [1.29, 1.82) is 0 Å². The molecular formula is C18H24N4O2. The number of aryl methyl sites for hydroxylation is 2. The van der Waals surface area contributed by atoms with E-state index in [9.17, 15) is 4.79 Å². The zero-order valence-electron chi connectivity index (χ0n) is 14.5. The molecule has 0 aliphatic carbocycles. The number of aromatic nitrogens is 2. The number of carbonyl (C=O) groups excluding carboxylic acids is 1. The van der Waals surface area contributed by atoms with Crippen molar-refractivity contribution >= 4 is 5.91 Å². The van der Waals surface area contributed by atoms with Gasteiger partial charge in [-0.05, 0) is 38.0 Å². The Labute approximate surface area is 142 Å². The topological polar surface area (TPSA) is 62.5 Å². The fourth-order valence-corrected chi connectivity index (χ4v) is 3.02. The lowest BCUT2D eigenvalue weighted by Gasteiger charge is -2.36. The van der Waals surface area contributed by atoms with Crippen molar-refractivity contribution in [3.05, 3.63) is 47.1 Å². The molecular weight excluding hydrogens is 304 g/mol. The zero-order chi connectivity index (χ0) is 17.1. The molecule has 1 aromatic heterocycles. The maximum atomic E-state index is 12.6. The van der Waals surface area contributed by atoms with Crippen molar-refractivity contribution in [1.82, 2.24) is 19.9 Å². The highest BCUT2D eigenvalue weighted by molar-refractivity contribution is 5.94. The van der Waals surface area contributed by atoms with Crippen molar-refractivity contribution in [2.75, 3.05) is 26.2 Å². The second kappa shape index (κ2) is 7.13. The van der Waals surface area contributed by atoms with Gasteiger partial charge < -0.3 is 9.42 Å². The van der Waals surface area contributed by atoms with Crippen LogP contribution in [-0.2, 0) is 6.42 Å². The second-order valence-corrected chi connectivity index (χ2v) is 6.23. The summed E-state index contributed by atoms with van der Waals surface area (Å²) < 4.78 is 5.26. The fourth-order valence-electron chi connectivity index (χ4n) is 3.02. The van der Waals surface area contributed by atoms with E-state index in [4.69, 9.17) is 4.52 Å². The molecule has 3 rings (SSSR count). The number of nitrogens with zero attached hydrogens (tertiary/aromatic N) is 4. The third-order valence-electron chi connectivity index (χ3n) is 4.66. The van der Waals surface area contributed by atoms with Gasteiger partial charge >= 0.3 is 0 Å². The summed E-state index contributed by atoms with van der Waals surface area (Å²) in [5.74, 6) is 1.40. The largest absolute Gasteiger partial charge is 0.338 e. The van der Waals surface area contributed by atoms with Crippen LogP contribution in [0.4, 0.5) is 0 Å². The Hall–Kier alpha value is -2.21. The first-order chi connectivity index (χ1) is 11.6. The van der Waals surface area contributed by atoms with Crippen LogP contribution in [0.1, 0.15) is 47.5 Å². The SMILES string of the molecule is CCc1ccc(C(=O)N2CCN([C@H](C)c3nc(C)no3)CC2)cc1. The van der Waals surface area contributed by atoms with Gasteiger partial charge in [-0.2, -0.15) is 4.98 Å². The van der Waals surface area contributed by atoms with Gasteiger partial charge in [0, 0.05) is 31.7 Å². The van der Waals surface area contributed by atoms with Crippen LogP contribution in [-0.4, -0.2) is 52.0 Å². The first kappa shape index (κ1) is 16.6. The molecule has 24 heavy (non-hydrogen) atoms. The Balaban J connectivity index is 1.58. The average molecular weight is 328 g/mol. The Morgan fingerprint density at radius 1 is 1.21 bits per heavy atom. The Morgan fingerprint density at radius 2 is 1.88 bits per heavy atom. The lowest BCUT2D eigenvalue weighted by molar-refractivity contribution is 0.0551. The lowest BCUT2D eigenvalue weighted by Crippen LogP contribution is -2.49. The van der Waals surface area contributed by atoms with Gasteiger partial charge in [-0.25, -0.2) is 0 Å². The van der Waals surface area contributed by atoms with Gasteiger partial charge in [0.2, 0.25) is 5.89 Å². The number of hydrogen-bond donors (Lipinski definition) is 0. The second-order valence-electron chi connectivity index (χ2n) is 6.23. The summed E-state index contributed by atoms with van der Waals surface area (Å²) in [7, 11) is 0. The molecule has 0 bridgehead atoms. The molecule has 128 valence electrons. The molecule has 1 aromatic carbocycles. The van der Waals surface area contributed by atoms with Crippen LogP contribution in [0, 0.1) is 6.92 Å². The summed E-state index contributed by atoms with van der Waals surface area (Å²) in [4.78, 5) is 21.1. The molecule has 0 N–H and O–H groups in total. The van der Waals surface area contributed by atoms with E-state index >= 15 is 0 Å². The summed E-state index contributed by atoms with van der Waals surface area (Å²) >= 11 is 0. The molecule has 0 spiro atoms. The minimum atomic E-state index is 0.0762. The number of benzene rings is 1. The third-order valence-corrected chi connectivity index (χ3v) is 4.66. The van der Waals surface area contributed by atoms with Gasteiger partial charge in [0.05, 0.1) is 6.04 Å². The highest BCUT2D eigenvalue weighted by Crippen LogP contribution is 2.20. The molecule has 2 heterocycles. The van der Waals surface area contributed by atoms with Crippen LogP contribution in [0.25, 0.3) is 0 Å². The first-order valence-electron chi connectivity index (χ1n) is 8.51. The van der Waals surface area contributed by atoms with Crippen molar-refractivity contribution in [2.45, 2.75) is 33.2 Å². The van der Waals surface area contributed by atoms with Crippen LogP contribution < -0.4 is 0 Å². The van der Waals surface area contributed by atoms with E-state index in [1.165, 1.54) is 5.56 Å². The molecule has 0 saturated carbocycles. The maximum Gasteiger partial charge on any atom is 0.253 e. The predicted octanol–water partition coefficient (Wildman–Crippen LogP) is 2.46. The lowest BCUT2D eigenvalue weighted by atomic mass is 10.1. The summed E-state index contributed by atoms with van der Waals surface area (Å²) in [5.41, 5.74) is 2.02. The number of rotatable bonds is 4. The fraction of sp³-hybridized carbons (Fsp3) is 0.500. The molecule has 1 saturated heterocycles. The van der Waals surface area contributed by atoms with Crippen LogP contribution >= 0.6 is 0 Å². The van der Waals surface area contributed by atoms with Crippen LogP contribution in [0.15, 0.2) is 28.8 Å². The number of piperazine rings is 1. The summed E-state index contributed by atoms with van der Waals surface area (Å²) in [6.07, 6.45) is 0.986. The van der Waals surface area contributed by atoms with Crippen molar-refractivity contribution in [2.24, 2.45) is 0 Å². The minimum absolute atomic E-state index is 0.0762. The molecule has 6 nitrogen and oxygen atoms in total. The maximum absolute atomic E-state index is 12.6. The molecule has 0 unspecified atom stereocenters. The Morgan fingerprint density at radius 3 is 2.42 bits per heavy atom. The van der Waals surface area contributed by atoms with E-state index in [0.29, 0.717) is 24.8 Å². The molecule has 2 aromatic rings. The van der Waals surface area contributed by atoms with E-state index in [2.05, 4.69) is 28.9 Å². The van der Waals surface area contributed by atoms with Gasteiger partial charge in [0.15, 0.2) is 5.82 Å². The highest BCUT2D eigenvalue weighted by atomic mass is 16.5. The Kier molecular flexibility index (Phi) is 4.94. The normalized spacial score (nSPS) is 17.0. The van der Waals surface area contributed by atoms with Gasteiger partial charge in [-0.3, -0.25) is 9.69 Å². The molecule has 6 heteroatoms. The van der Waals surface area contributed by atoms with E-state index in [1.54, 1.807) is 0 Å². The quantitative estimate of drug-likeness (QED) is 0.863. The first-order valence-corrected chi connectivity index (χ1v) is 8.51. The van der Waals surface area contributed by atoms with Crippen LogP contribution in [0.2, 0.25) is 0 Å². The minimum Gasteiger partial charge on any atom is -0.338 e. The van der Waals surface area contributed by atoms with E-state index < -0.39 is 0 Å². The molecule has 1 amide bonds. The summed E-state index contributed by atoms with van der Waals surface area (Å²) in [6, 6.07) is 7.99. The number of hydrogen-bond acceptors (Lipinski definition) is 5. The molecule has 1 atom stereocenters. The monoisotopic (exact) mass is 328 g/mol. The smallest absolute Gasteiger partial charge is 0.253 e. The number of carbonyl (C=O) groups is 1. The molecule has 0 radical (unpaired) electrons.